The SMILES string of the molecule is COc1cc(NS(C)(=O)=O)ccc1-c1ccc(C)cc1. The summed E-state index contributed by atoms with van der Waals surface area (Å²) < 4.78 is 30.3. The van der Waals surface area contributed by atoms with Crippen molar-refractivity contribution in [2.75, 3.05) is 18.1 Å². The molecule has 0 aromatic heterocycles. The molecule has 0 saturated carbocycles. The molecule has 4 nitrogen and oxygen atoms in total. The Morgan fingerprint density at radius 1 is 1.05 bits per heavy atom. The third-order valence-electron chi connectivity index (χ3n) is 2.87. The van der Waals surface area contributed by atoms with Crippen molar-refractivity contribution in [3.63, 3.8) is 0 Å². The monoisotopic (exact) mass is 291 g/mol. The van der Waals surface area contributed by atoms with Gasteiger partial charge in [-0.25, -0.2) is 8.42 Å². The number of ether oxygens (including phenoxy) is 1. The summed E-state index contributed by atoms with van der Waals surface area (Å²) in [7, 11) is -1.72. The molecule has 0 spiro atoms. The van der Waals surface area contributed by atoms with Crippen molar-refractivity contribution in [2.24, 2.45) is 0 Å². The second-order valence-corrected chi connectivity index (χ2v) is 6.40. The number of nitrogens with one attached hydrogen (secondary N) is 1. The first-order valence-electron chi connectivity index (χ1n) is 6.12. The van der Waals surface area contributed by atoms with Gasteiger partial charge in [0, 0.05) is 11.6 Å². The van der Waals surface area contributed by atoms with Crippen molar-refractivity contribution in [3.8, 4) is 16.9 Å². The van der Waals surface area contributed by atoms with Gasteiger partial charge in [0.25, 0.3) is 0 Å². The molecular weight excluding hydrogens is 274 g/mol. The molecule has 0 aliphatic heterocycles. The highest BCUT2D eigenvalue weighted by atomic mass is 32.2. The number of aryl methyl sites for hydroxylation is 1. The lowest BCUT2D eigenvalue weighted by atomic mass is 10.0. The average Bonchev–Trinajstić information content (AvgIpc) is 2.38. The van der Waals surface area contributed by atoms with Gasteiger partial charge in [-0.3, -0.25) is 4.72 Å². The number of hydrogen-bond donors (Lipinski definition) is 1. The van der Waals surface area contributed by atoms with Crippen LogP contribution < -0.4 is 9.46 Å². The van der Waals surface area contributed by atoms with E-state index < -0.39 is 10.0 Å². The minimum atomic E-state index is -3.29. The molecule has 20 heavy (non-hydrogen) atoms. The topological polar surface area (TPSA) is 55.4 Å². The van der Waals surface area contributed by atoms with E-state index in [-0.39, 0.29) is 0 Å². The molecule has 106 valence electrons. The highest BCUT2D eigenvalue weighted by molar-refractivity contribution is 7.92. The Kier molecular flexibility index (Phi) is 3.99. The van der Waals surface area contributed by atoms with Gasteiger partial charge < -0.3 is 4.74 Å². The molecule has 5 heteroatoms. The van der Waals surface area contributed by atoms with Gasteiger partial charge in [-0.1, -0.05) is 29.8 Å². The van der Waals surface area contributed by atoms with Crippen LogP contribution >= 0.6 is 0 Å². The van der Waals surface area contributed by atoms with E-state index in [9.17, 15) is 8.42 Å². The fourth-order valence-corrected chi connectivity index (χ4v) is 2.50. The number of rotatable bonds is 4. The van der Waals surface area contributed by atoms with Crippen molar-refractivity contribution >= 4 is 15.7 Å². The van der Waals surface area contributed by atoms with Gasteiger partial charge in [-0.05, 0) is 24.6 Å². The Hall–Kier alpha value is -2.01. The van der Waals surface area contributed by atoms with Crippen LogP contribution in [0.1, 0.15) is 5.56 Å². The van der Waals surface area contributed by atoms with Crippen LogP contribution in [0.15, 0.2) is 42.5 Å². The van der Waals surface area contributed by atoms with Crippen LogP contribution in [0.5, 0.6) is 5.75 Å². The van der Waals surface area contributed by atoms with Crippen LogP contribution in [-0.4, -0.2) is 21.8 Å². The molecule has 0 aliphatic carbocycles. The molecule has 1 N–H and O–H groups in total. The van der Waals surface area contributed by atoms with Crippen molar-refractivity contribution in [2.45, 2.75) is 6.92 Å². The molecule has 0 amide bonds. The molecule has 0 atom stereocenters. The Bertz CT molecular complexity index is 706. The molecule has 0 aliphatic rings. The smallest absolute Gasteiger partial charge is 0.229 e. The summed E-state index contributed by atoms with van der Waals surface area (Å²) in [6.07, 6.45) is 1.12. The molecule has 2 rings (SSSR count). The molecule has 0 bridgehead atoms. The molecule has 0 radical (unpaired) electrons. The number of benzene rings is 2. The summed E-state index contributed by atoms with van der Waals surface area (Å²) in [4.78, 5) is 0. The third kappa shape index (κ3) is 3.51. The van der Waals surface area contributed by atoms with Gasteiger partial charge in [0.2, 0.25) is 10.0 Å². The Balaban J connectivity index is 2.42. The summed E-state index contributed by atoms with van der Waals surface area (Å²) in [5.74, 6) is 0.627. The molecule has 2 aromatic carbocycles. The van der Waals surface area contributed by atoms with Gasteiger partial charge >= 0.3 is 0 Å². The van der Waals surface area contributed by atoms with Crippen LogP contribution in [0.4, 0.5) is 5.69 Å². The van der Waals surface area contributed by atoms with E-state index in [4.69, 9.17) is 4.74 Å². The molecule has 0 heterocycles. The zero-order valence-corrected chi connectivity index (χ0v) is 12.5. The predicted molar refractivity (Wildman–Crippen MR) is 81.6 cm³/mol. The maximum absolute atomic E-state index is 11.2. The fourth-order valence-electron chi connectivity index (χ4n) is 1.94. The van der Waals surface area contributed by atoms with E-state index in [1.165, 1.54) is 5.56 Å². The van der Waals surface area contributed by atoms with Crippen molar-refractivity contribution in [1.29, 1.82) is 0 Å². The highest BCUT2D eigenvalue weighted by Crippen LogP contribution is 2.32. The second kappa shape index (κ2) is 5.54. The van der Waals surface area contributed by atoms with Crippen LogP contribution in [0, 0.1) is 6.92 Å². The summed E-state index contributed by atoms with van der Waals surface area (Å²) in [6.45, 7) is 2.03. The van der Waals surface area contributed by atoms with E-state index in [0.29, 0.717) is 11.4 Å². The lowest BCUT2D eigenvalue weighted by Gasteiger charge is -2.12. The summed E-state index contributed by atoms with van der Waals surface area (Å²) in [5, 5.41) is 0. The third-order valence-corrected chi connectivity index (χ3v) is 3.47. The number of anilines is 1. The van der Waals surface area contributed by atoms with Crippen molar-refractivity contribution < 1.29 is 13.2 Å². The first-order valence-corrected chi connectivity index (χ1v) is 8.01. The Morgan fingerprint density at radius 2 is 1.70 bits per heavy atom. The summed E-state index contributed by atoms with van der Waals surface area (Å²) in [5.41, 5.74) is 3.62. The molecule has 0 unspecified atom stereocenters. The normalized spacial score (nSPS) is 11.2. The van der Waals surface area contributed by atoms with Crippen LogP contribution in [-0.2, 0) is 10.0 Å². The quantitative estimate of drug-likeness (QED) is 0.942. The number of hydrogen-bond acceptors (Lipinski definition) is 3. The van der Waals surface area contributed by atoms with E-state index in [2.05, 4.69) is 4.72 Å². The van der Waals surface area contributed by atoms with E-state index in [1.807, 2.05) is 37.3 Å². The largest absolute Gasteiger partial charge is 0.496 e. The van der Waals surface area contributed by atoms with Crippen LogP contribution in [0.2, 0.25) is 0 Å². The van der Waals surface area contributed by atoms with E-state index in [0.717, 1.165) is 17.4 Å². The minimum Gasteiger partial charge on any atom is -0.496 e. The second-order valence-electron chi connectivity index (χ2n) is 4.66. The lowest BCUT2D eigenvalue weighted by Crippen LogP contribution is -2.09. The van der Waals surface area contributed by atoms with E-state index in [1.54, 1.807) is 19.2 Å². The fraction of sp³-hybridized carbons (Fsp3) is 0.200. The Morgan fingerprint density at radius 3 is 2.25 bits per heavy atom. The maximum Gasteiger partial charge on any atom is 0.229 e. The standard InChI is InChI=1S/C15H17NO3S/c1-11-4-6-12(7-5-11)14-9-8-13(10-15(14)19-2)16-20(3,17)18/h4-10,16H,1-3H3. The predicted octanol–water partition coefficient (Wildman–Crippen LogP) is 3.04. The molecule has 0 saturated heterocycles. The Labute approximate surface area is 119 Å². The number of sulfonamides is 1. The first-order chi connectivity index (χ1) is 9.39. The average molecular weight is 291 g/mol. The van der Waals surface area contributed by atoms with Crippen molar-refractivity contribution in [3.05, 3.63) is 48.0 Å². The minimum absolute atomic E-state index is 0.486. The van der Waals surface area contributed by atoms with Gasteiger partial charge in [0.05, 0.1) is 19.1 Å². The summed E-state index contributed by atoms with van der Waals surface area (Å²) in [6, 6.07) is 13.3. The van der Waals surface area contributed by atoms with Gasteiger partial charge in [0.15, 0.2) is 0 Å². The van der Waals surface area contributed by atoms with E-state index >= 15 is 0 Å². The zero-order chi connectivity index (χ0) is 14.8. The molecular formula is C15H17NO3S. The van der Waals surface area contributed by atoms with Crippen LogP contribution in [0.25, 0.3) is 11.1 Å². The zero-order valence-electron chi connectivity index (χ0n) is 11.7. The number of methoxy groups -OCH3 is 1. The van der Waals surface area contributed by atoms with Crippen molar-refractivity contribution in [1.82, 2.24) is 0 Å². The van der Waals surface area contributed by atoms with Crippen LogP contribution in [0.3, 0.4) is 0 Å². The van der Waals surface area contributed by atoms with Gasteiger partial charge in [0.1, 0.15) is 5.75 Å². The molecule has 2 aromatic rings. The summed E-state index contributed by atoms with van der Waals surface area (Å²) >= 11 is 0. The van der Waals surface area contributed by atoms with Gasteiger partial charge in [-0.15, -0.1) is 0 Å². The first kappa shape index (κ1) is 14.4. The lowest BCUT2D eigenvalue weighted by molar-refractivity contribution is 0.416. The van der Waals surface area contributed by atoms with Gasteiger partial charge in [-0.2, -0.15) is 0 Å². The molecule has 0 fully saturated rings. The maximum atomic E-state index is 11.2. The highest BCUT2D eigenvalue weighted by Gasteiger charge is 2.09.